The third-order valence-corrected chi connectivity index (χ3v) is 11.7. The van der Waals surface area contributed by atoms with Crippen LogP contribution in [0.3, 0.4) is 0 Å². The van der Waals surface area contributed by atoms with Crippen LogP contribution in [0.5, 0.6) is 0 Å². The second-order valence-electron chi connectivity index (χ2n) is 15.7. The van der Waals surface area contributed by atoms with Crippen molar-refractivity contribution in [2.24, 2.45) is 0 Å². The van der Waals surface area contributed by atoms with Crippen LogP contribution in [0.2, 0.25) is 0 Å². The molecular formula is C53H38N8. The largest absolute Gasteiger partial charge is 0.291 e. The second kappa shape index (κ2) is 14.6. The Morgan fingerprint density at radius 3 is 1.26 bits per heavy atom. The summed E-state index contributed by atoms with van der Waals surface area (Å²) in [4.78, 5) is 29.0. The number of para-hydroxylation sites is 2. The predicted molar refractivity (Wildman–Crippen MR) is 242 cm³/mol. The molecule has 0 saturated carbocycles. The van der Waals surface area contributed by atoms with E-state index in [1.54, 1.807) is 12.4 Å². The van der Waals surface area contributed by atoms with Crippen LogP contribution in [-0.4, -0.2) is 39.0 Å². The van der Waals surface area contributed by atoms with Crippen molar-refractivity contribution >= 4 is 0 Å². The van der Waals surface area contributed by atoms with E-state index >= 15 is 0 Å². The van der Waals surface area contributed by atoms with Gasteiger partial charge in [-0.1, -0.05) is 86.6 Å². The molecule has 0 atom stereocenters. The van der Waals surface area contributed by atoms with Crippen molar-refractivity contribution in [3.8, 4) is 90.6 Å². The molecule has 0 fully saturated rings. The van der Waals surface area contributed by atoms with E-state index in [1.165, 1.54) is 22.3 Å². The summed E-state index contributed by atoms with van der Waals surface area (Å²) in [6.07, 6.45) is 11.1. The van der Waals surface area contributed by atoms with Crippen LogP contribution in [0.1, 0.15) is 25.0 Å². The summed E-state index contributed by atoms with van der Waals surface area (Å²) < 4.78 is 4.43. The molecule has 6 heterocycles. The van der Waals surface area contributed by atoms with Gasteiger partial charge in [0, 0.05) is 63.8 Å². The maximum absolute atomic E-state index is 5.10. The smallest absolute Gasteiger partial charge is 0.145 e. The Bertz CT molecular complexity index is 2990. The van der Waals surface area contributed by atoms with Crippen LogP contribution in [0.4, 0.5) is 0 Å². The van der Waals surface area contributed by atoms with Crippen LogP contribution in [-0.2, 0) is 5.41 Å². The van der Waals surface area contributed by atoms with Crippen LogP contribution in [0.25, 0.3) is 90.6 Å². The van der Waals surface area contributed by atoms with Gasteiger partial charge in [-0.15, -0.1) is 0 Å². The lowest BCUT2D eigenvalue weighted by Gasteiger charge is -2.23. The van der Waals surface area contributed by atoms with Gasteiger partial charge in [0.15, 0.2) is 0 Å². The van der Waals surface area contributed by atoms with Crippen molar-refractivity contribution in [2.45, 2.75) is 19.3 Å². The highest BCUT2D eigenvalue weighted by Crippen LogP contribution is 2.51. The fourth-order valence-electron chi connectivity index (χ4n) is 8.67. The average Bonchev–Trinajstić information content (AvgIpc) is 4.04. The molecule has 1 aliphatic rings. The molecule has 8 heteroatoms. The third kappa shape index (κ3) is 6.24. The molecule has 0 aliphatic heterocycles. The van der Waals surface area contributed by atoms with Gasteiger partial charge in [-0.3, -0.25) is 19.1 Å². The number of nitrogens with zero attached hydrogens (tertiary/aromatic N) is 8. The lowest BCUT2D eigenvalue weighted by atomic mass is 9.81. The highest BCUT2D eigenvalue weighted by Gasteiger charge is 2.37. The van der Waals surface area contributed by atoms with Crippen molar-refractivity contribution in [1.29, 1.82) is 0 Å². The van der Waals surface area contributed by atoms with Crippen LogP contribution >= 0.6 is 0 Å². The van der Waals surface area contributed by atoms with Gasteiger partial charge in [0.05, 0.1) is 46.6 Å². The van der Waals surface area contributed by atoms with E-state index in [0.717, 1.165) is 79.4 Å². The fourth-order valence-corrected chi connectivity index (χ4v) is 8.67. The number of hydrogen-bond acceptors (Lipinski definition) is 6. The third-order valence-electron chi connectivity index (χ3n) is 11.7. The number of imidazole rings is 2. The molecule has 0 spiro atoms. The maximum atomic E-state index is 5.10. The van der Waals surface area contributed by atoms with Gasteiger partial charge < -0.3 is 0 Å². The fraction of sp³-hybridized carbons (Fsp3) is 0.0566. The number of aromatic nitrogens is 8. The normalized spacial score (nSPS) is 12.6. The summed E-state index contributed by atoms with van der Waals surface area (Å²) in [5.74, 6) is 1.70. The molecule has 290 valence electrons. The maximum Gasteiger partial charge on any atom is 0.145 e. The van der Waals surface area contributed by atoms with Crippen LogP contribution < -0.4 is 0 Å². The molecule has 8 nitrogen and oxygen atoms in total. The SMILES string of the molecule is CC1(C)c2cc(-c3ncc(-c4cccc(-c5cccnc5)n4)n3-c3ccccc3)ccc2-c2ccc(-c3ncc(-c4cccc(-c5cccnc5)n4)n3-c3ccccc3)cc21. The molecule has 0 bridgehead atoms. The molecule has 4 aromatic carbocycles. The minimum Gasteiger partial charge on any atom is -0.291 e. The Balaban J connectivity index is 0.994. The van der Waals surface area contributed by atoms with Crippen molar-refractivity contribution in [3.05, 3.63) is 206 Å². The first-order chi connectivity index (χ1) is 30.0. The summed E-state index contributed by atoms with van der Waals surface area (Å²) in [5, 5.41) is 0. The average molecular weight is 787 g/mol. The number of benzene rings is 4. The minimum atomic E-state index is -0.310. The Hall–Kier alpha value is -8.10. The van der Waals surface area contributed by atoms with Gasteiger partial charge in [0.2, 0.25) is 0 Å². The van der Waals surface area contributed by atoms with Crippen LogP contribution in [0, 0.1) is 0 Å². The minimum absolute atomic E-state index is 0.310. The highest BCUT2D eigenvalue weighted by atomic mass is 15.1. The molecule has 0 N–H and O–H groups in total. The molecule has 0 saturated heterocycles. The second-order valence-corrected chi connectivity index (χ2v) is 15.7. The Morgan fingerprint density at radius 2 is 0.836 bits per heavy atom. The zero-order chi connectivity index (χ0) is 40.9. The summed E-state index contributed by atoms with van der Waals surface area (Å²) >= 11 is 0. The monoisotopic (exact) mass is 786 g/mol. The standard InChI is InChI=1S/C53H38N8/c1-53(2)43-29-35(51-56-33-49(60(51)39-15-5-3-6-16-39)47-21-9-19-45(58-47)37-13-11-27-54-31-37)23-25-41(43)42-26-24-36(30-44(42)53)52-57-34-50(61(52)40-17-7-4-8-18-40)48-22-10-20-46(59-48)38-14-12-28-55-32-38/h3-34H,1-2H3. The first-order valence-corrected chi connectivity index (χ1v) is 20.3. The van der Waals surface area contributed by atoms with Gasteiger partial charge in [-0.2, -0.15) is 0 Å². The lowest BCUT2D eigenvalue weighted by molar-refractivity contribution is 0.660. The van der Waals surface area contributed by atoms with Gasteiger partial charge in [-0.05, 0) is 107 Å². The van der Waals surface area contributed by atoms with Crippen LogP contribution in [0.15, 0.2) is 195 Å². The van der Waals surface area contributed by atoms with E-state index in [4.69, 9.17) is 19.9 Å². The van der Waals surface area contributed by atoms with Gasteiger partial charge >= 0.3 is 0 Å². The molecule has 11 rings (SSSR count). The van der Waals surface area contributed by atoms with E-state index in [2.05, 4.69) is 118 Å². The van der Waals surface area contributed by atoms with E-state index in [-0.39, 0.29) is 5.41 Å². The lowest BCUT2D eigenvalue weighted by Crippen LogP contribution is -2.15. The van der Waals surface area contributed by atoms with E-state index in [9.17, 15) is 0 Å². The van der Waals surface area contributed by atoms with Crippen molar-refractivity contribution in [2.75, 3.05) is 0 Å². The Kier molecular flexibility index (Phi) is 8.63. The van der Waals surface area contributed by atoms with Crippen molar-refractivity contribution < 1.29 is 0 Å². The van der Waals surface area contributed by atoms with Gasteiger partial charge in [-0.25, -0.2) is 19.9 Å². The Morgan fingerprint density at radius 1 is 0.393 bits per heavy atom. The predicted octanol–water partition coefficient (Wildman–Crippen LogP) is 11.9. The van der Waals surface area contributed by atoms with E-state index in [1.807, 2.05) is 97.6 Å². The summed E-state index contributed by atoms with van der Waals surface area (Å²) in [6.45, 7) is 4.63. The molecule has 0 unspecified atom stereocenters. The molecule has 0 amide bonds. The number of fused-ring (bicyclic) bond motifs is 3. The Labute approximate surface area is 353 Å². The van der Waals surface area contributed by atoms with Gasteiger partial charge in [0.25, 0.3) is 0 Å². The van der Waals surface area contributed by atoms with E-state index < -0.39 is 0 Å². The summed E-state index contributed by atoms with van der Waals surface area (Å²) in [6, 6.07) is 54.5. The van der Waals surface area contributed by atoms with E-state index in [0.29, 0.717) is 0 Å². The van der Waals surface area contributed by atoms with Crippen molar-refractivity contribution in [3.63, 3.8) is 0 Å². The summed E-state index contributed by atoms with van der Waals surface area (Å²) in [5.41, 5.74) is 15.9. The summed E-state index contributed by atoms with van der Waals surface area (Å²) in [7, 11) is 0. The molecule has 6 aromatic heterocycles. The highest BCUT2D eigenvalue weighted by molar-refractivity contribution is 5.86. The van der Waals surface area contributed by atoms with Crippen molar-refractivity contribution in [1.82, 2.24) is 39.0 Å². The number of rotatable bonds is 8. The molecule has 0 radical (unpaired) electrons. The zero-order valence-electron chi connectivity index (χ0n) is 33.6. The zero-order valence-corrected chi connectivity index (χ0v) is 33.6. The topological polar surface area (TPSA) is 87.2 Å². The first-order valence-electron chi connectivity index (χ1n) is 20.3. The molecule has 1 aliphatic carbocycles. The quantitative estimate of drug-likeness (QED) is 0.152. The first kappa shape index (κ1) is 36.0. The van der Waals surface area contributed by atoms with Gasteiger partial charge in [0.1, 0.15) is 11.6 Å². The number of hydrogen-bond donors (Lipinski definition) is 0. The molecule has 10 aromatic rings. The molecule has 61 heavy (non-hydrogen) atoms. The molecular weight excluding hydrogens is 749 g/mol. The number of pyridine rings is 4.